The Labute approximate surface area is 210 Å². The van der Waals surface area contributed by atoms with Crippen molar-refractivity contribution in [3.05, 3.63) is 44.9 Å². The summed E-state index contributed by atoms with van der Waals surface area (Å²) in [6, 6.07) is 5.61. The summed E-state index contributed by atoms with van der Waals surface area (Å²) in [4.78, 5) is 37.2. The van der Waals surface area contributed by atoms with Crippen molar-refractivity contribution in [3.63, 3.8) is 0 Å². The lowest BCUT2D eigenvalue weighted by Gasteiger charge is -2.33. The number of ether oxygens (including phenoxy) is 1. The van der Waals surface area contributed by atoms with Gasteiger partial charge in [-0.15, -0.1) is 11.8 Å². The lowest BCUT2D eigenvalue weighted by atomic mass is 10.2. The molecule has 0 aliphatic carbocycles. The maximum Gasteiger partial charge on any atom is 0.268 e. The van der Waals surface area contributed by atoms with E-state index in [9.17, 15) is 14.4 Å². The molecule has 3 rings (SSSR count). The lowest BCUT2D eigenvalue weighted by Crippen LogP contribution is -2.47. The van der Waals surface area contributed by atoms with Crippen LogP contribution in [-0.4, -0.2) is 72.0 Å². The van der Waals surface area contributed by atoms with Gasteiger partial charge in [0.25, 0.3) is 5.91 Å². The van der Waals surface area contributed by atoms with Gasteiger partial charge in [0.15, 0.2) is 0 Å². The number of hydrogen-bond donors (Lipinski definition) is 4. The number of benzene rings is 1. The third-order valence-corrected chi connectivity index (χ3v) is 7.82. The number of rotatable bonds is 10. The fraction of sp³-hybridized carbons (Fsp3) is 0.450. The Morgan fingerprint density at radius 2 is 2.09 bits per heavy atom. The van der Waals surface area contributed by atoms with Crippen LogP contribution in [0.1, 0.15) is 5.56 Å². The van der Waals surface area contributed by atoms with Gasteiger partial charge in [-0.3, -0.25) is 19.3 Å². The zero-order valence-electron chi connectivity index (χ0n) is 17.6. The van der Waals surface area contributed by atoms with Crippen LogP contribution >= 0.6 is 46.7 Å². The number of carbonyl (C=O) groups excluding carboxylic acids is 3. The molecular weight excluding hydrogens is 509 g/mol. The van der Waals surface area contributed by atoms with Crippen LogP contribution in [-0.2, 0) is 25.7 Å². The Bertz CT molecular complexity index is 920. The van der Waals surface area contributed by atoms with Crippen molar-refractivity contribution in [1.82, 2.24) is 20.9 Å². The average molecular weight is 534 g/mol. The first kappa shape index (κ1) is 26.0. The molecule has 13 heteroatoms. The van der Waals surface area contributed by atoms with Gasteiger partial charge >= 0.3 is 0 Å². The number of nitrogens with two attached hydrogens (primary N) is 1. The zero-order valence-corrected chi connectivity index (χ0v) is 20.8. The highest BCUT2D eigenvalue weighted by Crippen LogP contribution is 2.29. The maximum absolute atomic E-state index is 12.3. The van der Waals surface area contributed by atoms with Gasteiger partial charge in [0, 0.05) is 31.6 Å². The molecule has 180 valence electrons. The van der Waals surface area contributed by atoms with Crippen molar-refractivity contribution in [1.29, 1.82) is 0 Å². The quantitative estimate of drug-likeness (QED) is 0.352. The molecule has 2 aliphatic rings. The number of morpholine rings is 1. The van der Waals surface area contributed by atoms with Gasteiger partial charge in [-0.25, -0.2) is 0 Å². The molecule has 1 aromatic carbocycles. The molecule has 2 atom stereocenters. The highest BCUT2D eigenvalue weighted by atomic mass is 35.5. The zero-order chi connectivity index (χ0) is 23.8. The van der Waals surface area contributed by atoms with Crippen molar-refractivity contribution < 1.29 is 19.1 Å². The van der Waals surface area contributed by atoms with Crippen LogP contribution in [0.4, 0.5) is 0 Å². The Balaban J connectivity index is 1.33. The number of nitrogens with zero attached hydrogens (tertiary/aromatic N) is 1. The molecule has 9 nitrogen and oxygen atoms in total. The minimum Gasteiger partial charge on any atom is -0.374 e. The molecule has 2 aliphatic heterocycles. The maximum atomic E-state index is 12.3. The van der Waals surface area contributed by atoms with E-state index in [1.165, 1.54) is 23.5 Å². The van der Waals surface area contributed by atoms with Gasteiger partial charge in [0.1, 0.15) is 10.4 Å². The van der Waals surface area contributed by atoms with E-state index in [1.807, 2.05) is 12.1 Å². The minimum absolute atomic E-state index is 0.100. The third kappa shape index (κ3) is 8.58. The van der Waals surface area contributed by atoms with Gasteiger partial charge < -0.3 is 26.4 Å². The van der Waals surface area contributed by atoms with E-state index < -0.39 is 11.8 Å². The van der Waals surface area contributed by atoms with E-state index in [0.717, 1.165) is 18.7 Å². The van der Waals surface area contributed by atoms with Gasteiger partial charge in [0.2, 0.25) is 11.8 Å². The second kappa shape index (κ2) is 12.7. The van der Waals surface area contributed by atoms with Crippen LogP contribution in [0.5, 0.6) is 0 Å². The van der Waals surface area contributed by atoms with E-state index in [-0.39, 0.29) is 29.0 Å². The minimum atomic E-state index is -0.614. The van der Waals surface area contributed by atoms with Crippen molar-refractivity contribution in [2.24, 2.45) is 5.73 Å². The topological polar surface area (TPSA) is 126 Å². The second-order valence-electron chi connectivity index (χ2n) is 7.38. The van der Waals surface area contributed by atoms with Crippen molar-refractivity contribution in [3.8, 4) is 0 Å². The molecule has 0 radical (unpaired) electrons. The first-order valence-corrected chi connectivity index (χ1v) is 12.9. The molecule has 5 N–H and O–H groups in total. The summed E-state index contributed by atoms with van der Waals surface area (Å²) in [7, 11) is 0. The standard InChI is InChI=1S/C20H25Cl2N5O4S2/c21-14-2-1-12(5-15(14)22)8-27-3-4-31-13(9-27)6-24-18(29)11-33-20-26-16(10-32-20)19(30)25-7-17(23)28/h1-2,5,10,13,20,26H,3-4,6-9,11H2,(H2,23,28)(H,24,29)(H,25,30)/t13-,20?/m0/s1. The van der Waals surface area contributed by atoms with Crippen LogP contribution in [0.2, 0.25) is 10.0 Å². The summed E-state index contributed by atoms with van der Waals surface area (Å²) in [5, 5.41) is 11.1. The first-order valence-electron chi connectivity index (χ1n) is 10.1. The predicted octanol–water partition coefficient (Wildman–Crippen LogP) is 1.11. The highest BCUT2D eigenvalue weighted by molar-refractivity contribution is 8.18. The van der Waals surface area contributed by atoms with Crippen molar-refractivity contribution >= 4 is 64.4 Å². The van der Waals surface area contributed by atoms with Crippen LogP contribution < -0.4 is 21.7 Å². The van der Waals surface area contributed by atoms with Crippen LogP contribution in [0.25, 0.3) is 0 Å². The summed E-state index contributed by atoms with van der Waals surface area (Å²) in [6.45, 7) is 3.01. The molecule has 3 amide bonds. The van der Waals surface area contributed by atoms with Gasteiger partial charge in [-0.2, -0.15) is 0 Å². The monoisotopic (exact) mass is 533 g/mol. The number of halogens is 2. The molecule has 1 saturated heterocycles. The molecule has 0 aromatic heterocycles. The Kier molecular flexibility index (Phi) is 10.0. The summed E-state index contributed by atoms with van der Waals surface area (Å²) < 4.78 is 5.62. The summed E-state index contributed by atoms with van der Waals surface area (Å²) in [5.74, 6) is -0.904. The van der Waals surface area contributed by atoms with E-state index in [1.54, 1.807) is 11.5 Å². The number of amides is 3. The van der Waals surface area contributed by atoms with Crippen LogP contribution in [0.3, 0.4) is 0 Å². The van der Waals surface area contributed by atoms with E-state index in [2.05, 4.69) is 20.9 Å². The Morgan fingerprint density at radius 3 is 2.85 bits per heavy atom. The second-order valence-corrected chi connectivity index (χ2v) is 10.6. The van der Waals surface area contributed by atoms with Crippen molar-refractivity contribution in [2.45, 2.75) is 17.4 Å². The molecule has 1 fully saturated rings. The van der Waals surface area contributed by atoms with Gasteiger partial charge in [-0.05, 0) is 17.7 Å². The van der Waals surface area contributed by atoms with Crippen LogP contribution in [0, 0.1) is 0 Å². The van der Waals surface area contributed by atoms with E-state index in [0.29, 0.717) is 35.4 Å². The smallest absolute Gasteiger partial charge is 0.268 e. The number of thioether (sulfide) groups is 2. The molecule has 0 bridgehead atoms. The van der Waals surface area contributed by atoms with E-state index >= 15 is 0 Å². The Hall–Kier alpha value is -1.63. The van der Waals surface area contributed by atoms with Crippen molar-refractivity contribution in [2.75, 3.05) is 38.5 Å². The normalized spacial score (nSPS) is 20.6. The Morgan fingerprint density at radius 1 is 1.27 bits per heavy atom. The highest BCUT2D eigenvalue weighted by Gasteiger charge is 2.24. The third-order valence-electron chi connectivity index (χ3n) is 4.76. The summed E-state index contributed by atoms with van der Waals surface area (Å²) in [5.41, 5.74) is 6.43. The average Bonchev–Trinajstić information content (AvgIpc) is 3.26. The van der Waals surface area contributed by atoms with E-state index in [4.69, 9.17) is 33.7 Å². The largest absolute Gasteiger partial charge is 0.374 e. The number of carbonyl (C=O) groups is 3. The predicted molar refractivity (Wildman–Crippen MR) is 132 cm³/mol. The molecule has 1 unspecified atom stereocenters. The number of hydrogen-bond acceptors (Lipinski definition) is 8. The molecular formula is C20H25Cl2N5O4S2. The SMILES string of the molecule is NC(=O)CNC(=O)C1=CSC(SCC(=O)NC[C@H]2CN(Cc3ccc(Cl)c(Cl)c3)CCO2)N1. The fourth-order valence-electron chi connectivity index (χ4n) is 3.16. The fourth-order valence-corrected chi connectivity index (χ4v) is 5.41. The summed E-state index contributed by atoms with van der Waals surface area (Å²) in [6.07, 6.45) is -0.100. The summed E-state index contributed by atoms with van der Waals surface area (Å²) >= 11 is 14.8. The molecule has 0 saturated carbocycles. The molecule has 1 aromatic rings. The van der Waals surface area contributed by atoms with Gasteiger partial charge in [-0.1, -0.05) is 41.0 Å². The molecule has 2 heterocycles. The number of primary amides is 1. The lowest BCUT2D eigenvalue weighted by molar-refractivity contribution is -0.122. The molecule has 0 spiro atoms. The first-order chi connectivity index (χ1) is 15.8. The van der Waals surface area contributed by atoms with Gasteiger partial charge in [0.05, 0.1) is 35.1 Å². The number of nitrogens with one attached hydrogen (secondary N) is 3. The molecule has 33 heavy (non-hydrogen) atoms. The van der Waals surface area contributed by atoms with Crippen LogP contribution in [0.15, 0.2) is 29.3 Å².